The van der Waals surface area contributed by atoms with Gasteiger partial charge in [0.05, 0.1) is 30.9 Å². The molecule has 13 atom stereocenters. The molecule has 2 aliphatic heterocycles. The number of ether oxygens (including phenoxy) is 1. The van der Waals surface area contributed by atoms with Crippen molar-refractivity contribution >= 4 is 23.8 Å². The fourth-order valence-electron chi connectivity index (χ4n) is 11.2. The molecule has 6 rings (SSSR count). The number of esters is 1. The number of amides is 2. The van der Waals surface area contributed by atoms with Crippen molar-refractivity contribution in [2.75, 3.05) is 12.4 Å². The zero-order valence-corrected chi connectivity index (χ0v) is 27.0. The second kappa shape index (κ2) is 12.4. The highest BCUT2D eigenvalue weighted by atomic mass is 32.2. The van der Waals surface area contributed by atoms with Gasteiger partial charge in [-0.1, -0.05) is 33.6 Å². The Morgan fingerprint density at radius 3 is 2.64 bits per heavy atom. The van der Waals surface area contributed by atoms with E-state index in [1.807, 2.05) is 11.8 Å². The number of aliphatic hydroxyl groups excluding tert-OH is 2. The molecule has 4 saturated carbocycles. The zero-order valence-electron chi connectivity index (χ0n) is 26.2. The van der Waals surface area contributed by atoms with Crippen molar-refractivity contribution in [3.63, 3.8) is 0 Å². The Bertz CT molecular complexity index is 997. The minimum Gasteiger partial charge on any atom is -0.466 e. The summed E-state index contributed by atoms with van der Waals surface area (Å²) in [6.45, 7) is 7.85. The standard InChI is InChI=1S/C34H56N2O5S/c1-20(8-11-29(39)41-16-6-4-5-7-28-31-26(19-42-28)35-32(40)36-31)23-9-10-24-30-25(13-15-34(23,24)3)33(2)14-12-22(37)17-21(33)18-27(30)38/h20-28,30-31,37-38H,4-19H2,1-3H3,(H2,35,36,40)/t20-,21?,22-,23-,24+,25+,26+,27+,28+,30?,31+,33+,34-/m1/s1. The van der Waals surface area contributed by atoms with E-state index >= 15 is 0 Å². The molecule has 2 saturated heterocycles. The van der Waals surface area contributed by atoms with Gasteiger partial charge in [0.25, 0.3) is 0 Å². The number of aliphatic hydroxyl groups is 2. The number of nitrogens with one attached hydrogen (secondary N) is 2. The SMILES string of the molecule is C[C@H](CCC(=O)OCCCCC[C@@H]1SC[C@@H]2NC(=O)N[C@@H]21)[C@H]1CC[C@H]2C3[C@@H](O)CC4C[C@H](O)CC[C@]4(C)[C@H]3CC[C@]12C. The smallest absolute Gasteiger partial charge is 0.315 e. The molecule has 0 aromatic carbocycles. The van der Waals surface area contributed by atoms with Gasteiger partial charge in [-0.25, -0.2) is 4.79 Å². The highest BCUT2D eigenvalue weighted by Crippen LogP contribution is 2.68. The van der Waals surface area contributed by atoms with Gasteiger partial charge in [0.15, 0.2) is 0 Å². The molecule has 6 fully saturated rings. The number of hydrogen-bond donors (Lipinski definition) is 4. The van der Waals surface area contributed by atoms with E-state index in [0.29, 0.717) is 53.8 Å². The van der Waals surface area contributed by atoms with Crippen molar-refractivity contribution in [3.8, 4) is 0 Å². The molecule has 2 heterocycles. The molecular formula is C34H56N2O5S. The highest BCUT2D eigenvalue weighted by Gasteiger charge is 2.62. The monoisotopic (exact) mass is 604 g/mol. The first-order valence-corrected chi connectivity index (χ1v) is 18.4. The Morgan fingerprint density at radius 2 is 1.81 bits per heavy atom. The van der Waals surface area contributed by atoms with Gasteiger partial charge in [-0.2, -0.15) is 11.8 Å². The van der Waals surface area contributed by atoms with E-state index in [1.165, 1.54) is 25.7 Å². The van der Waals surface area contributed by atoms with E-state index in [1.54, 1.807) is 0 Å². The summed E-state index contributed by atoms with van der Waals surface area (Å²) in [6.07, 6.45) is 13.8. The van der Waals surface area contributed by atoms with Crippen molar-refractivity contribution in [2.24, 2.45) is 46.3 Å². The number of fused-ring (bicyclic) bond motifs is 6. The number of carbonyl (C=O) groups excluding carboxylic acids is 2. The molecule has 2 amide bonds. The predicted molar refractivity (Wildman–Crippen MR) is 166 cm³/mol. The lowest BCUT2D eigenvalue weighted by atomic mass is 9.43. The summed E-state index contributed by atoms with van der Waals surface area (Å²) in [5, 5.41) is 28.4. The van der Waals surface area contributed by atoms with Gasteiger partial charge >= 0.3 is 12.0 Å². The van der Waals surface area contributed by atoms with Crippen LogP contribution in [0.15, 0.2) is 0 Å². The van der Waals surface area contributed by atoms with Crippen molar-refractivity contribution in [1.29, 1.82) is 0 Å². The summed E-state index contributed by atoms with van der Waals surface area (Å²) in [6, 6.07) is 0.527. The number of carbonyl (C=O) groups is 2. The largest absolute Gasteiger partial charge is 0.466 e. The molecule has 4 N–H and O–H groups in total. The number of thioether (sulfide) groups is 1. The van der Waals surface area contributed by atoms with Crippen molar-refractivity contribution in [2.45, 2.75) is 140 Å². The highest BCUT2D eigenvalue weighted by molar-refractivity contribution is 8.00. The van der Waals surface area contributed by atoms with Gasteiger partial charge in [-0.3, -0.25) is 4.79 Å². The Balaban J connectivity index is 0.923. The summed E-state index contributed by atoms with van der Waals surface area (Å²) in [7, 11) is 0. The van der Waals surface area contributed by atoms with Gasteiger partial charge in [0, 0.05) is 17.4 Å². The molecule has 2 unspecified atom stereocenters. The van der Waals surface area contributed by atoms with Crippen LogP contribution in [0.4, 0.5) is 4.79 Å². The number of hydrogen-bond acceptors (Lipinski definition) is 6. The lowest BCUT2D eigenvalue weighted by Gasteiger charge is -2.62. The van der Waals surface area contributed by atoms with Crippen LogP contribution in [0.3, 0.4) is 0 Å². The molecule has 6 aliphatic rings. The van der Waals surface area contributed by atoms with E-state index in [4.69, 9.17) is 4.74 Å². The minimum atomic E-state index is -0.235. The van der Waals surface area contributed by atoms with E-state index < -0.39 is 0 Å². The second-order valence-electron chi connectivity index (χ2n) is 15.7. The van der Waals surface area contributed by atoms with Crippen LogP contribution in [-0.2, 0) is 9.53 Å². The van der Waals surface area contributed by atoms with Crippen LogP contribution in [-0.4, -0.2) is 64.1 Å². The van der Waals surface area contributed by atoms with Gasteiger partial charge in [0.2, 0.25) is 0 Å². The molecule has 4 aliphatic carbocycles. The minimum absolute atomic E-state index is 0.0252. The van der Waals surface area contributed by atoms with Crippen LogP contribution in [0.25, 0.3) is 0 Å². The predicted octanol–water partition coefficient (Wildman–Crippen LogP) is 5.66. The molecule has 0 radical (unpaired) electrons. The van der Waals surface area contributed by atoms with Crippen LogP contribution in [0.5, 0.6) is 0 Å². The van der Waals surface area contributed by atoms with Gasteiger partial charge < -0.3 is 25.6 Å². The maximum absolute atomic E-state index is 12.6. The summed E-state index contributed by atoms with van der Waals surface area (Å²) in [4.78, 5) is 24.2. The summed E-state index contributed by atoms with van der Waals surface area (Å²) in [5.41, 5.74) is 0.513. The Morgan fingerprint density at radius 1 is 1.02 bits per heavy atom. The zero-order chi connectivity index (χ0) is 29.6. The summed E-state index contributed by atoms with van der Waals surface area (Å²) < 4.78 is 5.63. The molecule has 0 spiro atoms. The Hall–Kier alpha value is -0.990. The van der Waals surface area contributed by atoms with Crippen LogP contribution in [0, 0.1) is 46.3 Å². The van der Waals surface area contributed by atoms with Crippen molar-refractivity contribution in [1.82, 2.24) is 10.6 Å². The lowest BCUT2D eigenvalue weighted by molar-refractivity contribution is -0.174. The molecular weight excluding hydrogens is 548 g/mol. The van der Waals surface area contributed by atoms with Crippen molar-refractivity contribution < 1.29 is 24.5 Å². The first-order valence-electron chi connectivity index (χ1n) is 17.3. The third kappa shape index (κ3) is 5.75. The second-order valence-corrected chi connectivity index (χ2v) is 16.9. The Kier molecular flexibility index (Phi) is 9.17. The van der Waals surface area contributed by atoms with E-state index in [2.05, 4.69) is 31.4 Å². The fraction of sp³-hybridized carbons (Fsp3) is 0.941. The number of urea groups is 1. The molecule has 0 bridgehead atoms. The third-order valence-electron chi connectivity index (χ3n) is 13.6. The van der Waals surface area contributed by atoms with Crippen LogP contribution < -0.4 is 10.6 Å². The quantitative estimate of drug-likeness (QED) is 0.146. The average molecular weight is 605 g/mol. The topological polar surface area (TPSA) is 108 Å². The summed E-state index contributed by atoms with van der Waals surface area (Å²) >= 11 is 1.96. The molecule has 0 aromatic rings. The molecule has 7 nitrogen and oxygen atoms in total. The molecule has 0 aromatic heterocycles. The van der Waals surface area contributed by atoms with Crippen LogP contribution in [0.2, 0.25) is 0 Å². The van der Waals surface area contributed by atoms with E-state index in [9.17, 15) is 19.8 Å². The maximum Gasteiger partial charge on any atom is 0.315 e. The average Bonchev–Trinajstić information content (AvgIpc) is 3.62. The van der Waals surface area contributed by atoms with Gasteiger partial charge in [0.1, 0.15) is 0 Å². The normalized spacial score (nSPS) is 46.5. The molecule has 238 valence electrons. The first kappa shape index (κ1) is 31.0. The van der Waals surface area contributed by atoms with Crippen LogP contribution >= 0.6 is 11.8 Å². The number of rotatable bonds is 10. The van der Waals surface area contributed by atoms with Gasteiger partial charge in [-0.15, -0.1) is 0 Å². The van der Waals surface area contributed by atoms with Gasteiger partial charge in [-0.05, 0) is 117 Å². The third-order valence-corrected chi connectivity index (χ3v) is 15.1. The van der Waals surface area contributed by atoms with E-state index in [-0.39, 0.29) is 47.1 Å². The van der Waals surface area contributed by atoms with Crippen molar-refractivity contribution in [3.05, 3.63) is 0 Å². The molecule has 8 heteroatoms. The van der Waals surface area contributed by atoms with Crippen LogP contribution in [0.1, 0.15) is 111 Å². The van der Waals surface area contributed by atoms with E-state index in [0.717, 1.165) is 63.5 Å². The number of unbranched alkanes of at least 4 members (excludes halogenated alkanes) is 2. The molecule has 42 heavy (non-hydrogen) atoms. The summed E-state index contributed by atoms with van der Waals surface area (Å²) in [5.74, 6) is 4.04. The first-order chi connectivity index (χ1) is 20.1. The fourth-order valence-corrected chi connectivity index (χ4v) is 12.8. The maximum atomic E-state index is 12.6. The lowest BCUT2D eigenvalue weighted by Crippen LogP contribution is -2.58. The Labute approximate surface area is 257 Å².